The van der Waals surface area contributed by atoms with Gasteiger partial charge in [0.05, 0.1) is 0 Å². The van der Waals surface area contributed by atoms with Gasteiger partial charge >= 0.3 is 0 Å². The molecule has 4 heteroatoms. The molecule has 2 aromatic rings. The fourth-order valence-electron chi connectivity index (χ4n) is 3.72. The number of amides is 1. The zero-order valence-electron chi connectivity index (χ0n) is 16.3. The van der Waals surface area contributed by atoms with Crippen LogP contribution in [0.5, 0.6) is 0 Å². The van der Waals surface area contributed by atoms with E-state index >= 15 is 0 Å². The zero-order valence-corrected chi connectivity index (χ0v) is 16.3. The van der Waals surface area contributed by atoms with E-state index in [2.05, 4.69) is 64.6 Å². The summed E-state index contributed by atoms with van der Waals surface area (Å²) in [7, 11) is 2.19. The van der Waals surface area contributed by atoms with E-state index in [1.807, 2.05) is 18.2 Å². The van der Waals surface area contributed by atoms with Gasteiger partial charge in [0.15, 0.2) is 0 Å². The van der Waals surface area contributed by atoms with Crippen LogP contribution in [0.15, 0.2) is 60.7 Å². The minimum absolute atomic E-state index is 0.150. The molecule has 4 nitrogen and oxygen atoms in total. The molecule has 1 fully saturated rings. The van der Waals surface area contributed by atoms with Crippen molar-refractivity contribution in [2.24, 2.45) is 0 Å². The first kappa shape index (κ1) is 19.6. The molecular formula is C23H31N3O. The van der Waals surface area contributed by atoms with Gasteiger partial charge in [-0.15, -0.1) is 0 Å². The lowest BCUT2D eigenvalue weighted by molar-refractivity contribution is -0.121. The molecule has 1 aliphatic heterocycles. The van der Waals surface area contributed by atoms with Crippen LogP contribution in [0, 0.1) is 0 Å². The number of carbonyl (C=O) groups excluding carboxylic acids is 1. The Bertz CT molecular complexity index is 689. The maximum atomic E-state index is 12.1. The van der Waals surface area contributed by atoms with Crippen molar-refractivity contribution in [1.82, 2.24) is 15.1 Å². The maximum Gasteiger partial charge on any atom is 0.220 e. The van der Waals surface area contributed by atoms with Gasteiger partial charge in [0.2, 0.25) is 5.91 Å². The fourth-order valence-corrected chi connectivity index (χ4v) is 3.72. The maximum absolute atomic E-state index is 12.1. The molecule has 1 N–H and O–H groups in total. The van der Waals surface area contributed by atoms with Crippen molar-refractivity contribution in [3.8, 4) is 0 Å². The van der Waals surface area contributed by atoms with Crippen molar-refractivity contribution in [2.45, 2.75) is 25.3 Å². The molecule has 3 rings (SSSR count). The number of hydrogen-bond donors (Lipinski definition) is 1. The van der Waals surface area contributed by atoms with Crippen molar-refractivity contribution in [1.29, 1.82) is 0 Å². The highest BCUT2D eigenvalue weighted by molar-refractivity contribution is 5.76. The first-order valence-electron chi connectivity index (χ1n) is 10.0. The van der Waals surface area contributed by atoms with E-state index in [1.165, 1.54) is 11.1 Å². The molecule has 27 heavy (non-hydrogen) atoms. The van der Waals surface area contributed by atoms with Crippen LogP contribution in [0.25, 0.3) is 0 Å². The van der Waals surface area contributed by atoms with Gasteiger partial charge in [-0.2, -0.15) is 0 Å². The van der Waals surface area contributed by atoms with Crippen LogP contribution in [-0.2, 0) is 11.2 Å². The summed E-state index contributed by atoms with van der Waals surface area (Å²) in [6.45, 7) is 5.02. The SMILES string of the molecule is CN1CCN(CCCNC(=O)CCc2ccccc2)C(c2ccccc2)C1. The van der Waals surface area contributed by atoms with E-state index in [0.717, 1.165) is 45.6 Å². The Hall–Kier alpha value is -2.17. The van der Waals surface area contributed by atoms with Crippen molar-refractivity contribution >= 4 is 5.91 Å². The minimum atomic E-state index is 0.150. The molecule has 144 valence electrons. The molecule has 1 saturated heterocycles. The lowest BCUT2D eigenvalue weighted by Crippen LogP contribution is -2.47. The Morgan fingerprint density at radius 1 is 1.04 bits per heavy atom. The third-order valence-corrected chi connectivity index (χ3v) is 5.31. The van der Waals surface area contributed by atoms with Gasteiger partial charge in [0.25, 0.3) is 0 Å². The first-order chi connectivity index (χ1) is 13.2. The van der Waals surface area contributed by atoms with Crippen LogP contribution < -0.4 is 5.32 Å². The third kappa shape index (κ3) is 6.19. The summed E-state index contributed by atoms with van der Waals surface area (Å²) >= 11 is 0. The van der Waals surface area contributed by atoms with Crippen LogP contribution in [0.4, 0.5) is 0 Å². The average molecular weight is 366 g/mol. The summed E-state index contributed by atoms with van der Waals surface area (Å²) in [6.07, 6.45) is 2.36. The molecule has 2 aromatic carbocycles. The predicted molar refractivity (Wildman–Crippen MR) is 111 cm³/mol. The largest absolute Gasteiger partial charge is 0.356 e. The number of nitrogens with zero attached hydrogens (tertiary/aromatic N) is 2. The number of rotatable bonds is 8. The van der Waals surface area contributed by atoms with Crippen LogP contribution >= 0.6 is 0 Å². The third-order valence-electron chi connectivity index (χ3n) is 5.31. The highest BCUT2D eigenvalue weighted by Gasteiger charge is 2.25. The van der Waals surface area contributed by atoms with E-state index in [-0.39, 0.29) is 5.91 Å². The van der Waals surface area contributed by atoms with Crippen LogP contribution in [-0.4, -0.2) is 55.5 Å². The quantitative estimate of drug-likeness (QED) is 0.730. The molecule has 0 radical (unpaired) electrons. The predicted octanol–water partition coefficient (Wildman–Crippen LogP) is 3.11. The van der Waals surface area contributed by atoms with Crippen molar-refractivity contribution < 1.29 is 4.79 Å². The summed E-state index contributed by atoms with van der Waals surface area (Å²) in [5.41, 5.74) is 2.60. The van der Waals surface area contributed by atoms with Gasteiger partial charge < -0.3 is 10.2 Å². The lowest BCUT2D eigenvalue weighted by atomic mass is 10.0. The van der Waals surface area contributed by atoms with Gasteiger partial charge in [0.1, 0.15) is 0 Å². The van der Waals surface area contributed by atoms with E-state index in [1.54, 1.807) is 0 Å². The number of aryl methyl sites for hydroxylation is 1. The normalized spacial score (nSPS) is 18.3. The van der Waals surface area contributed by atoms with Gasteiger partial charge in [-0.3, -0.25) is 9.69 Å². The lowest BCUT2D eigenvalue weighted by Gasteiger charge is -2.40. The highest BCUT2D eigenvalue weighted by atomic mass is 16.1. The fraction of sp³-hybridized carbons (Fsp3) is 0.435. The van der Waals surface area contributed by atoms with Crippen LogP contribution in [0.1, 0.15) is 30.0 Å². The number of benzene rings is 2. The molecule has 0 bridgehead atoms. The Morgan fingerprint density at radius 3 is 2.48 bits per heavy atom. The first-order valence-corrected chi connectivity index (χ1v) is 10.0. The molecule has 1 amide bonds. The van der Waals surface area contributed by atoms with Gasteiger partial charge in [-0.25, -0.2) is 0 Å². The number of hydrogen-bond acceptors (Lipinski definition) is 3. The van der Waals surface area contributed by atoms with Gasteiger partial charge in [-0.05, 0) is 31.0 Å². The van der Waals surface area contributed by atoms with Crippen molar-refractivity contribution in [2.75, 3.05) is 39.8 Å². The molecule has 1 aliphatic rings. The molecule has 0 aliphatic carbocycles. The van der Waals surface area contributed by atoms with Crippen LogP contribution in [0.3, 0.4) is 0 Å². The van der Waals surface area contributed by atoms with E-state index in [9.17, 15) is 4.79 Å². The van der Waals surface area contributed by atoms with Gasteiger partial charge in [-0.1, -0.05) is 60.7 Å². The molecular weight excluding hydrogens is 334 g/mol. The van der Waals surface area contributed by atoms with Crippen molar-refractivity contribution in [3.05, 3.63) is 71.8 Å². The monoisotopic (exact) mass is 365 g/mol. The number of likely N-dealkylation sites (N-methyl/N-ethyl adjacent to an activating group) is 1. The molecule has 0 saturated carbocycles. The number of carbonyl (C=O) groups is 1. The second-order valence-corrected chi connectivity index (χ2v) is 7.41. The topological polar surface area (TPSA) is 35.6 Å². The van der Waals surface area contributed by atoms with E-state index in [0.29, 0.717) is 12.5 Å². The summed E-state index contributed by atoms with van der Waals surface area (Å²) in [5, 5.41) is 3.08. The van der Waals surface area contributed by atoms with Gasteiger partial charge in [0, 0.05) is 45.2 Å². The minimum Gasteiger partial charge on any atom is -0.356 e. The number of piperazine rings is 1. The molecule has 1 heterocycles. The molecule has 1 atom stereocenters. The smallest absolute Gasteiger partial charge is 0.220 e. The molecule has 0 spiro atoms. The Balaban J connectivity index is 1.40. The summed E-state index contributed by atoms with van der Waals surface area (Å²) in [5.74, 6) is 0.150. The standard InChI is InChI=1S/C23H31N3O/c1-25-17-18-26(22(19-25)21-11-6-3-7-12-21)16-8-15-24-23(27)14-13-20-9-4-2-5-10-20/h2-7,9-12,22H,8,13-19H2,1H3,(H,24,27). The summed E-state index contributed by atoms with van der Waals surface area (Å²) < 4.78 is 0. The van der Waals surface area contributed by atoms with Crippen molar-refractivity contribution in [3.63, 3.8) is 0 Å². The Morgan fingerprint density at radius 2 is 1.74 bits per heavy atom. The highest BCUT2D eigenvalue weighted by Crippen LogP contribution is 2.24. The molecule has 0 aromatic heterocycles. The Kier molecular flexibility index (Phi) is 7.43. The van der Waals surface area contributed by atoms with E-state index in [4.69, 9.17) is 0 Å². The van der Waals surface area contributed by atoms with E-state index < -0.39 is 0 Å². The Labute approximate surface area is 163 Å². The summed E-state index contributed by atoms with van der Waals surface area (Å²) in [6, 6.07) is 21.4. The zero-order chi connectivity index (χ0) is 18.9. The molecule has 1 unspecified atom stereocenters. The van der Waals surface area contributed by atoms with Crippen LogP contribution in [0.2, 0.25) is 0 Å². The average Bonchev–Trinajstić information content (AvgIpc) is 2.72. The second kappa shape index (κ2) is 10.2. The number of nitrogens with one attached hydrogen (secondary N) is 1. The second-order valence-electron chi connectivity index (χ2n) is 7.41. The summed E-state index contributed by atoms with van der Waals surface area (Å²) in [4.78, 5) is 17.0.